The number of H-pyrrole nitrogens is 1. The van der Waals surface area contributed by atoms with E-state index >= 15 is 0 Å². The van der Waals surface area contributed by atoms with E-state index in [0.717, 1.165) is 17.4 Å². The fraction of sp³-hybridized carbons (Fsp3) is 0.455. The van der Waals surface area contributed by atoms with E-state index in [0.29, 0.717) is 5.82 Å². The summed E-state index contributed by atoms with van der Waals surface area (Å²) in [5.74, 6) is 0.381. The van der Waals surface area contributed by atoms with Crippen molar-refractivity contribution in [2.24, 2.45) is 7.05 Å². The highest BCUT2D eigenvalue weighted by molar-refractivity contribution is 5.72. The van der Waals surface area contributed by atoms with E-state index in [1.807, 2.05) is 0 Å². The molecule has 0 spiro atoms. The van der Waals surface area contributed by atoms with Gasteiger partial charge in [-0.05, 0) is 19.8 Å². The SMILES string of the molecule is Cc1nc2c(c(=O)[nH]1)c(=O)n(C1CC1)c(=O)n2C. The molecule has 1 fully saturated rings. The molecule has 0 radical (unpaired) electrons. The van der Waals surface area contributed by atoms with Crippen LogP contribution in [0.5, 0.6) is 0 Å². The van der Waals surface area contributed by atoms with Crippen LogP contribution in [0.4, 0.5) is 0 Å². The molecule has 1 N–H and O–H groups in total. The fourth-order valence-electron chi connectivity index (χ4n) is 2.12. The van der Waals surface area contributed by atoms with Gasteiger partial charge in [-0.25, -0.2) is 9.78 Å². The second-order valence-electron chi connectivity index (χ2n) is 4.60. The topological polar surface area (TPSA) is 89.8 Å². The highest BCUT2D eigenvalue weighted by Crippen LogP contribution is 2.32. The second kappa shape index (κ2) is 3.41. The van der Waals surface area contributed by atoms with Crippen LogP contribution in [0.1, 0.15) is 24.7 Å². The zero-order chi connectivity index (χ0) is 13.0. The Labute approximate surface area is 101 Å². The van der Waals surface area contributed by atoms with Crippen molar-refractivity contribution in [3.63, 3.8) is 0 Å². The third-order valence-electron chi connectivity index (χ3n) is 3.17. The van der Waals surface area contributed by atoms with Gasteiger partial charge in [0.1, 0.15) is 11.2 Å². The van der Waals surface area contributed by atoms with E-state index in [1.54, 1.807) is 6.92 Å². The molecule has 2 aromatic heterocycles. The lowest BCUT2D eigenvalue weighted by Crippen LogP contribution is -2.41. The number of nitrogens with one attached hydrogen (secondary N) is 1. The molecule has 1 aliphatic carbocycles. The minimum absolute atomic E-state index is 0.0467. The van der Waals surface area contributed by atoms with E-state index in [-0.39, 0.29) is 17.1 Å². The van der Waals surface area contributed by atoms with Gasteiger partial charge < -0.3 is 4.98 Å². The Balaban J connectivity index is 2.61. The average Bonchev–Trinajstić information content (AvgIpc) is 3.09. The zero-order valence-electron chi connectivity index (χ0n) is 10.1. The van der Waals surface area contributed by atoms with Crippen molar-refractivity contribution in [2.75, 3.05) is 0 Å². The Morgan fingerprint density at radius 3 is 2.56 bits per heavy atom. The van der Waals surface area contributed by atoms with Crippen molar-refractivity contribution in [1.29, 1.82) is 0 Å². The summed E-state index contributed by atoms with van der Waals surface area (Å²) < 4.78 is 2.42. The van der Waals surface area contributed by atoms with Crippen LogP contribution in [0.3, 0.4) is 0 Å². The Bertz CT molecular complexity index is 823. The summed E-state index contributed by atoms with van der Waals surface area (Å²) >= 11 is 0. The van der Waals surface area contributed by atoms with Crippen molar-refractivity contribution < 1.29 is 0 Å². The van der Waals surface area contributed by atoms with Gasteiger partial charge in [0.25, 0.3) is 11.1 Å². The summed E-state index contributed by atoms with van der Waals surface area (Å²) in [4.78, 5) is 42.7. The van der Waals surface area contributed by atoms with Crippen LogP contribution < -0.4 is 16.8 Å². The van der Waals surface area contributed by atoms with Crippen molar-refractivity contribution >= 4 is 11.0 Å². The summed E-state index contributed by atoms with van der Waals surface area (Å²) in [6, 6.07) is -0.0682. The number of fused-ring (bicyclic) bond motifs is 1. The molecule has 7 nitrogen and oxygen atoms in total. The van der Waals surface area contributed by atoms with Gasteiger partial charge in [0.15, 0.2) is 5.65 Å². The van der Waals surface area contributed by atoms with Gasteiger partial charge in [-0.3, -0.25) is 18.7 Å². The molecule has 1 saturated carbocycles. The van der Waals surface area contributed by atoms with Crippen LogP contribution in [0, 0.1) is 6.92 Å². The maximum absolute atomic E-state index is 12.2. The molecular weight excluding hydrogens is 236 g/mol. The van der Waals surface area contributed by atoms with Crippen molar-refractivity contribution in [2.45, 2.75) is 25.8 Å². The summed E-state index contributed by atoms with van der Waals surface area (Å²) in [5, 5.41) is -0.0467. The third kappa shape index (κ3) is 1.36. The lowest BCUT2D eigenvalue weighted by molar-refractivity contribution is 0.621. The van der Waals surface area contributed by atoms with Gasteiger partial charge in [0.05, 0.1) is 0 Å². The van der Waals surface area contributed by atoms with Crippen LogP contribution in [0.15, 0.2) is 14.4 Å². The minimum Gasteiger partial charge on any atom is -0.310 e. The number of hydrogen-bond acceptors (Lipinski definition) is 4. The van der Waals surface area contributed by atoms with Gasteiger partial charge in [-0.1, -0.05) is 0 Å². The lowest BCUT2D eigenvalue weighted by atomic mass is 10.3. The first-order valence-corrected chi connectivity index (χ1v) is 5.73. The van der Waals surface area contributed by atoms with Crippen LogP contribution in [-0.4, -0.2) is 19.1 Å². The standard InChI is InChI=1S/C11H12N4O3/c1-5-12-8-7(9(16)13-5)10(17)15(6-3-4-6)11(18)14(8)2/h6H,3-4H2,1-2H3,(H,12,13,16). The van der Waals surface area contributed by atoms with E-state index in [4.69, 9.17) is 0 Å². The maximum Gasteiger partial charge on any atom is 0.332 e. The molecule has 1 aliphatic rings. The molecule has 2 aromatic rings. The van der Waals surface area contributed by atoms with E-state index in [9.17, 15) is 14.4 Å². The van der Waals surface area contributed by atoms with Crippen LogP contribution in [0.2, 0.25) is 0 Å². The lowest BCUT2D eigenvalue weighted by Gasteiger charge is -2.08. The first kappa shape index (κ1) is 10.9. The fourth-order valence-corrected chi connectivity index (χ4v) is 2.12. The number of nitrogens with zero attached hydrogens (tertiary/aromatic N) is 3. The summed E-state index contributed by atoms with van der Waals surface area (Å²) in [5.41, 5.74) is -1.30. The Kier molecular flexibility index (Phi) is 2.07. The van der Waals surface area contributed by atoms with Crippen molar-refractivity contribution in [1.82, 2.24) is 19.1 Å². The minimum atomic E-state index is -0.538. The highest BCUT2D eigenvalue weighted by atomic mass is 16.2. The van der Waals surface area contributed by atoms with Crippen LogP contribution in [0.25, 0.3) is 11.0 Å². The molecule has 0 atom stereocenters. The highest BCUT2D eigenvalue weighted by Gasteiger charge is 2.29. The maximum atomic E-state index is 12.2. The number of aromatic nitrogens is 4. The van der Waals surface area contributed by atoms with E-state index in [1.165, 1.54) is 11.6 Å². The predicted octanol–water partition coefficient (Wildman–Crippen LogP) is -0.573. The Hall–Kier alpha value is -2.18. The molecule has 2 heterocycles. The van der Waals surface area contributed by atoms with Gasteiger partial charge >= 0.3 is 5.69 Å². The van der Waals surface area contributed by atoms with Crippen molar-refractivity contribution in [3.05, 3.63) is 37.0 Å². The van der Waals surface area contributed by atoms with E-state index < -0.39 is 16.8 Å². The average molecular weight is 248 g/mol. The first-order chi connectivity index (χ1) is 8.50. The summed E-state index contributed by atoms with van der Waals surface area (Å²) in [6.07, 6.45) is 1.61. The quantitative estimate of drug-likeness (QED) is 0.731. The smallest absolute Gasteiger partial charge is 0.310 e. The van der Waals surface area contributed by atoms with Gasteiger partial charge in [-0.2, -0.15) is 0 Å². The molecule has 0 unspecified atom stereocenters. The molecule has 0 aliphatic heterocycles. The number of rotatable bonds is 1. The number of aryl methyl sites for hydroxylation is 2. The molecule has 3 rings (SSSR count). The van der Waals surface area contributed by atoms with Crippen LogP contribution >= 0.6 is 0 Å². The first-order valence-electron chi connectivity index (χ1n) is 5.73. The molecule has 0 aromatic carbocycles. The molecule has 0 saturated heterocycles. The molecule has 18 heavy (non-hydrogen) atoms. The van der Waals surface area contributed by atoms with Gasteiger partial charge in [0, 0.05) is 13.1 Å². The normalized spacial score (nSPS) is 15.2. The van der Waals surface area contributed by atoms with Gasteiger partial charge in [-0.15, -0.1) is 0 Å². The predicted molar refractivity (Wildman–Crippen MR) is 64.9 cm³/mol. The van der Waals surface area contributed by atoms with Crippen molar-refractivity contribution in [3.8, 4) is 0 Å². The summed E-state index contributed by atoms with van der Waals surface area (Å²) in [7, 11) is 1.52. The Morgan fingerprint density at radius 2 is 1.94 bits per heavy atom. The molecule has 0 amide bonds. The zero-order valence-corrected chi connectivity index (χ0v) is 10.1. The monoisotopic (exact) mass is 248 g/mol. The second-order valence-corrected chi connectivity index (χ2v) is 4.60. The molecule has 0 bridgehead atoms. The Morgan fingerprint density at radius 1 is 1.28 bits per heavy atom. The largest absolute Gasteiger partial charge is 0.332 e. The van der Waals surface area contributed by atoms with Crippen LogP contribution in [-0.2, 0) is 7.05 Å². The molecule has 94 valence electrons. The van der Waals surface area contributed by atoms with E-state index in [2.05, 4.69) is 9.97 Å². The summed E-state index contributed by atoms with van der Waals surface area (Å²) in [6.45, 7) is 1.61. The number of aromatic amines is 1. The molecular formula is C11H12N4O3. The third-order valence-corrected chi connectivity index (χ3v) is 3.17. The molecule has 7 heteroatoms. The number of hydrogen-bond donors (Lipinski definition) is 1. The van der Waals surface area contributed by atoms with Gasteiger partial charge in [0.2, 0.25) is 0 Å².